The van der Waals surface area contributed by atoms with Gasteiger partial charge in [0.05, 0.1) is 0 Å². The molecule has 0 bridgehead atoms. The maximum absolute atomic E-state index is 6.28. The monoisotopic (exact) mass is 300 g/mol. The van der Waals surface area contributed by atoms with E-state index < -0.39 is 0 Å². The van der Waals surface area contributed by atoms with Crippen LogP contribution in [0.15, 0.2) is 24.3 Å². The van der Waals surface area contributed by atoms with Crippen molar-refractivity contribution >= 4 is 23.2 Å². The van der Waals surface area contributed by atoms with Crippen LogP contribution in [0.4, 0.5) is 0 Å². The summed E-state index contributed by atoms with van der Waals surface area (Å²) in [6.07, 6.45) is 3.42. The number of aryl methyl sites for hydroxylation is 1. The normalized spacial score (nSPS) is 12.7. The van der Waals surface area contributed by atoms with Gasteiger partial charge in [-0.1, -0.05) is 57.0 Å². The molecule has 1 aromatic rings. The van der Waals surface area contributed by atoms with Gasteiger partial charge < -0.3 is 0 Å². The van der Waals surface area contributed by atoms with Crippen molar-refractivity contribution in [3.8, 4) is 0 Å². The average molecular weight is 301 g/mol. The minimum atomic E-state index is -0.0830. The molecule has 1 rings (SSSR count). The average Bonchev–Trinajstić information content (AvgIpc) is 2.34. The lowest BCUT2D eigenvalue weighted by molar-refractivity contribution is 0.336. The molecule has 0 nitrogen and oxygen atoms in total. The van der Waals surface area contributed by atoms with Gasteiger partial charge in [0.2, 0.25) is 0 Å². The highest BCUT2D eigenvalue weighted by Gasteiger charge is 2.30. The Hall–Kier alpha value is -0.200. The zero-order chi connectivity index (χ0) is 14.5. The van der Waals surface area contributed by atoms with Crippen LogP contribution in [0.3, 0.4) is 0 Å². The predicted molar refractivity (Wildman–Crippen MR) is 87.6 cm³/mol. The summed E-state index contributed by atoms with van der Waals surface area (Å²) in [6, 6.07) is 8.60. The second-order valence-electron chi connectivity index (χ2n) is 6.83. The first-order chi connectivity index (χ1) is 8.83. The molecule has 0 aliphatic carbocycles. The van der Waals surface area contributed by atoms with Gasteiger partial charge >= 0.3 is 0 Å². The zero-order valence-electron chi connectivity index (χ0n) is 12.6. The van der Waals surface area contributed by atoms with E-state index in [1.807, 2.05) is 0 Å². The molecule has 0 saturated carbocycles. The Kier molecular flexibility index (Phi) is 6.20. The van der Waals surface area contributed by atoms with E-state index in [1.165, 1.54) is 17.5 Å². The van der Waals surface area contributed by atoms with Gasteiger partial charge in [-0.15, -0.1) is 23.2 Å². The summed E-state index contributed by atoms with van der Waals surface area (Å²) >= 11 is 12.6. The van der Waals surface area contributed by atoms with E-state index in [-0.39, 0.29) is 5.41 Å². The minimum absolute atomic E-state index is 0.0830. The van der Waals surface area contributed by atoms with Crippen molar-refractivity contribution in [3.63, 3.8) is 0 Å². The summed E-state index contributed by atoms with van der Waals surface area (Å²) in [5.74, 6) is 1.17. The van der Waals surface area contributed by atoms with Gasteiger partial charge in [-0.2, -0.15) is 0 Å². The Morgan fingerprint density at radius 1 is 1.00 bits per heavy atom. The molecule has 0 aliphatic heterocycles. The highest BCUT2D eigenvalue weighted by molar-refractivity contribution is 6.22. The number of rotatable bonds is 6. The first-order valence-corrected chi connectivity index (χ1v) is 8.09. The third-order valence-corrected chi connectivity index (χ3v) is 4.75. The maximum Gasteiger partial charge on any atom is 0.0332 e. The van der Waals surface area contributed by atoms with Crippen LogP contribution in [0, 0.1) is 12.3 Å². The van der Waals surface area contributed by atoms with Crippen molar-refractivity contribution in [1.29, 1.82) is 0 Å². The standard InChI is InChI=1S/C17H26Cl2/c1-14-7-5-8-15(11-14)17(12-18,13-19)10-6-9-16(2,3)4/h5,7-8,11H,6,9-10,12-13H2,1-4H3. The number of halogens is 2. The molecule has 0 spiro atoms. The van der Waals surface area contributed by atoms with Crippen molar-refractivity contribution in [3.05, 3.63) is 35.4 Å². The molecule has 108 valence electrons. The fourth-order valence-corrected chi connectivity index (χ4v) is 3.26. The number of hydrogen-bond donors (Lipinski definition) is 0. The number of benzene rings is 1. The lowest BCUT2D eigenvalue weighted by atomic mass is 9.77. The van der Waals surface area contributed by atoms with Crippen molar-refractivity contribution < 1.29 is 0 Å². The predicted octanol–water partition coefficient (Wildman–Crippen LogP) is 5.93. The summed E-state index contributed by atoms with van der Waals surface area (Å²) in [5.41, 5.74) is 2.84. The molecule has 0 N–H and O–H groups in total. The van der Waals surface area contributed by atoms with Gasteiger partial charge in [-0.05, 0) is 30.7 Å². The van der Waals surface area contributed by atoms with E-state index in [9.17, 15) is 0 Å². The highest BCUT2D eigenvalue weighted by atomic mass is 35.5. The van der Waals surface area contributed by atoms with Gasteiger partial charge in [0.15, 0.2) is 0 Å². The lowest BCUT2D eigenvalue weighted by Crippen LogP contribution is -2.31. The summed E-state index contributed by atoms with van der Waals surface area (Å²) in [5, 5.41) is 0. The minimum Gasteiger partial charge on any atom is -0.126 e. The van der Waals surface area contributed by atoms with E-state index in [0.717, 1.165) is 12.8 Å². The molecular formula is C17H26Cl2. The Labute approximate surface area is 128 Å². The first-order valence-electron chi connectivity index (χ1n) is 7.02. The lowest BCUT2D eigenvalue weighted by Gasteiger charge is -2.32. The molecule has 0 radical (unpaired) electrons. The highest BCUT2D eigenvalue weighted by Crippen LogP contribution is 2.35. The molecule has 0 saturated heterocycles. The quantitative estimate of drug-likeness (QED) is 0.571. The maximum atomic E-state index is 6.28. The summed E-state index contributed by atoms with van der Waals surface area (Å²) in [6.45, 7) is 8.96. The van der Waals surface area contributed by atoms with Gasteiger partial charge in [-0.3, -0.25) is 0 Å². The fraction of sp³-hybridized carbons (Fsp3) is 0.647. The summed E-state index contributed by atoms with van der Waals surface area (Å²) < 4.78 is 0. The Bertz CT molecular complexity index is 386. The second-order valence-corrected chi connectivity index (χ2v) is 7.37. The van der Waals surface area contributed by atoms with E-state index in [0.29, 0.717) is 17.2 Å². The molecule has 0 unspecified atom stereocenters. The molecule has 2 heteroatoms. The topological polar surface area (TPSA) is 0 Å². The molecule has 0 fully saturated rings. The Balaban J connectivity index is 2.85. The molecule has 0 aliphatic rings. The third kappa shape index (κ3) is 5.00. The Morgan fingerprint density at radius 3 is 2.11 bits per heavy atom. The van der Waals surface area contributed by atoms with Crippen molar-refractivity contribution in [2.75, 3.05) is 11.8 Å². The van der Waals surface area contributed by atoms with Crippen molar-refractivity contribution in [2.45, 2.75) is 52.4 Å². The number of alkyl halides is 2. The van der Waals surface area contributed by atoms with E-state index >= 15 is 0 Å². The van der Waals surface area contributed by atoms with Crippen molar-refractivity contribution in [1.82, 2.24) is 0 Å². The van der Waals surface area contributed by atoms with Crippen molar-refractivity contribution in [2.24, 2.45) is 5.41 Å². The molecular weight excluding hydrogens is 275 g/mol. The number of hydrogen-bond acceptors (Lipinski definition) is 0. The van der Waals surface area contributed by atoms with Gasteiger partial charge in [0.1, 0.15) is 0 Å². The van der Waals surface area contributed by atoms with Gasteiger partial charge in [-0.25, -0.2) is 0 Å². The van der Waals surface area contributed by atoms with Crippen LogP contribution in [0.2, 0.25) is 0 Å². The summed E-state index contributed by atoms with van der Waals surface area (Å²) in [4.78, 5) is 0. The van der Waals surface area contributed by atoms with Crippen LogP contribution in [0.25, 0.3) is 0 Å². The van der Waals surface area contributed by atoms with E-state index in [4.69, 9.17) is 23.2 Å². The van der Waals surface area contributed by atoms with E-state index in [1.54, 1.807) is 0 Å². The molecule has 19 heavy (non-hydrogen) atoms. The Morgan fingerprint density at radius 2 is 1.63 bits per heavy atom. The molecule has 0 aromatic heterocycles. The third-order valence-electron chi connectivity index (χ3n) is 3.72. The van der Waals surface area contributed by atoms with Crippen LogP contribution in [-0.4, -0.2) is 11.8 Å². The van der Waals surface area contributed by atoms with Crippen LogP contribution in [0.1, 0.15) is 51.2 Å². The smallest absolute Gasteiger partial charge is 0.0332 e. The van der Waals surface area contributed by atoms with Crippen LogP contribution >= 0.6 is 23.2 Å². The van der Waals surface area contributed by atoms with Crippen LogP contribution < -0.4 is 0 Å². The molecule has 0 amide bonds. The van der Waals surface area contributed by atoms with Gasteiger partial charge in [0, 0.05) is 17.2 Å². The van der Waals surface area contributed by atoms with Crippen LogP contribution in [-0.2, 0) is 5.41 Å². The van der Waals surface area contributed by atoms with E-state index in [2.05, 4.69) is 52.0 Å². The van der Waals surface area contributed by atoms with Gasteiger partial charge in [0.25, 0.3) is 0 Å². The molecule has 1 aromatic carbocycles. The summed E-state index contributed by atoms with van der Waals surface area (Å²) in [7, 11) is 0. The SMILES string of the molecule is Cc1cccc(C(CCl)(CCl)CCCC(C)(C)C)c1. The molecule has 0 atom stereocenters. The fourth-order valence-electron chi connectivity index (χ4n) is 2.40. The largest absolute Gasteiger partial charge is 0.126 e. The molecule has 0 heterocycles. The second kappa shape index (κ2) is 6.99. The van der Waals surface area contributed by atoms with Crippen LogP contribution in [0.5, 0.6) is 0 Å². The first kappa shape index (κ1) is 16.9. The zero-order valence-corrected chi connectivity index (χ0v) is 14.1.